The van der Waals surface area contributed by atoms with Crippen LogP contribution in [-0.2, 0) is 14.3 Å². The van der Waals surface area contributed by atoms with Gasteiger partial charge in [0, 0.05) is 6.42 Å². The number of rotatable bonds is 18. The van der Waals surface area contributed by atoms with Crippen LogP contribution in [-0.4, -0.2) is 75.5 Å². The Balaban J connectivity index is 2.16. The van der Waals surface area contributed by atoms with Gasteiger partial charge >= 0.3 is 0 Å². The summed E-state index contributed by atoms with van der Waals surface area (Å²) >= 11 is 0. The van der Waals surface area contributed by atoms with Gasteiger partial charge in [0.1, 0.15) is 30.4 Å². The van der Waals surface area contributed by atoms with E-state index >= 15 is 0 Å². The van der Waals surface area contributed by atoms with Crippen molar-refractivity contribution in [1.82, 2.24) is 10.6 Å². The highest BCUT2D eigenvalue weighted by molar-refractivity contribution is 5.87. The van der Waals surface area contributed by atoms with E-state index in [2.05, 4.69) is 78.3 Å². The third-order valence-corrected chi connectivity index (χ3v) is 6.11. The molecule has 0 bridgehead atoms. The first-order valence-corrected chi connectivity index (χ1v) is 14.1. The van der Waals surface area contributed by atoms with Crippen molar-refractivity contribution in [2.24, 2.45) is 0 Å². The molecule has 40 heavy (non-hydrogen) atoms. The van der Waals surface area contributed by atoms with Crippen LogP contribution in [0.25, 0.3) is 0 Å². The normalized spacial score (nSPS) is 24.8. The average molecular weight is 561 g/mol. The fourth-order valence-electron chi connectivity index (χ4n) is 3.78. The lowest BCUT2D eigenvalue weighted by Crippen LogP contribution is -2.65. The number of carbonyl (C=O) groups is 2. The Morgan fingerprint density at radius 3 is 1.73 bits per heavy atom. The van der Waals surface area contributed by atoms with Crippen molar-refractivity contribution in [1.29, 1.82) is 0 Å². The van der Waals surface area contributed by atoms with Crippen LogP contribution >= 0.6 is 0 Å². The number of amides is 2. The Bertz CT molecular complexity index is 894. The van der Waals surface area contributed by atoms with Crippen molar-refractivity contribution in [3.8, 4) is 0 Å². The van der Waals surface area contributed by atoms with Gasteiger partial charge < -0.3 is 35.8 Å². The van der Waals surface area contributed by atoms with Crippen LogP contribution in [0.3, 0.4) is 0 Å². The second-order valence-corrected chi connectivity index (χ2v) is 9.51. The van der Waals surface area contributed by atoms with E-state index in [0.717, 1.165) is 38.5 Å². The van der Waals surface area contributed by atoms with E-state index in [9.17, 15) is 24.9 Å². The summed E-state index contributed by atoms with van der Waals surface area (Å²) in [6.07, 6.45) is 25.9. The molecule has 1 rings (SSSR count). The first-order chi connectivity index (χ1) is 19.3. The van der Waals surface area contributed by atoms with Crippen LogP contribution < -0.4 is 10.6 Å². The molecule has 0 spiro atoms. The molecule has 1 aliphatic rings. The zero-order valence-electron chi connectivity index (χ0n) is 23.8. The first-order valence-electron chi connectivity index (χ1n) is 14.1. The summed E-state index contributed by atoms with van der Waals surface area (Å²) in [7, 11) is 0. The molecule has 6 atom stereocenters. The number of ether oxygens (including phenoxy) is 1. The van der Waals surface area contributed by atoms with Gasteiger partial charge in [0.2, 0.25) is 11.8 Å². The highest BCUT2D eigenvalue weighted by Crippen LogP contribution is 2.19. The van der Waals surface area contributed by atoms with E-state index in [4.69, 9.17) is 9.84 Å². The van der Waals surface area contributed by atoms with Gasteiger partial charge in [0.15, 0.2) is 6.29 Å². The third kappa shape index (κ3) is 15.1. The van der Waals surface area contributed by atoms with Gasteiger partial charge in [-0.25, -0.2) is 0 Å². The second kappa shape index (κ2) is 21.9. The molecule has 1 fully saturated rings. The predicted molar refractivity (Wildman–Crippen MR) is 157 cm³/mol. The lowest BCUT2D eigenvalue weighted by atomic mass is 9.97. The molecule has 0 radical (unpaired) electrons. The molecule has 224 valence electrons. The van der Waals surface area contributed by atoms with Crippen LogP contribution in [0.5, 0.6) is 0 Å². The Labute approximate surface area is 238 Å². The molecule has 9 heteroatoms. The van der Waals surface area contributed by atoms with E-state index in [0.29, 0.717) is 6.42 Å². The van der Waals surface area contributed by atoms with E-state index in [-0.39, 0.29) is 12.3 Å². The maximum Gasteiger partial charge on any atom is 0.242 e. The van der Waals surface area contributed by atoms with Crippen LogP contribution in [0, 0.1) is 0 Å². The fraction of sp³-hybridized carbons (Fsp3) is 0.548. The van der Waals surface area contributed by atoms with Crippen molar-refractivity contribution in [2.45, 2.75) is 102 Å². The Morgan fingerprint density at radius 2 is 1.25 bits per heavy atom. The molecule has 0 aliphatic carbocycles. The molecule has 1 aliphatic heterocycles. The number of carbonyl (C=O) groups excluding carboxylic acids is 2. The predicted octanol–water partition coefficient (Wildman–Crippen LogP) is 2.89. The molecule has 0 aromatic rings. The summed E-state index contributed by atoms with van der Waals surface area (Å²) < 4.78 is 5.01. The zero-order chi connectivity index (χ0) is 29.6. The van der Waals surface area contributed by atoms with Gasteiger partial charge in [-0.2, -0.15) is 0 Å². The summed E-state index contributed by atoms with van der Waals surface area (Å²) in [5.74, 6) is -0.966. The number of allylic oxidation sites excluding steroid dienone is 12. The average Bonchev–Trinajstić information content (AvgIpc) is 2.94. The van der Waals surface area contributed by atoms with Crippen molar-refractivity contribution in [2.75, 3.05) is 6.61 Å². The van der Waals surface area contributed by atoms with Crippen LogP contribution in [0.15, 0.2) is 72.9 Å². The lowest BCUT2D eigenvalue weighted by molar-refractivity contribution is -0.253. The molecule has 2 amide bonds. The summed E-state index contributed by atoms with van der Waals surface area (Å²) in [4.78, 5) is 24.5. The maximum absolute atomic E-state index is 12.4. The maximum atomic E-state index is 12.4. The van der Waals surface area contributed by atoms with E-state index < -0.39 is 49.2 Å². The smallest absolute Gasteiger partial charge is 0.242 e. The monoisotopic (exact) mass is 560 g/mol. The fourth-order valence-corrected chi connectivity index (χ4v) is 3.78. The molecule has 0 aromatic carbocycles. The highest BCUT2D eigenvalue weighted by Gasteiger charge is 2.44. The summed E-state index contributed by atoms with van der Waals surface area (Å²) in [6, 6.07) is -2.23. The van der Waals surface area contributed by atoms with E-state index in [1.54, 1.807) is 0 Å². The number of aliphatic hydroxyl groups is 4. The van der Waals surface area contributed by atoms with Crippen LogP contribution in [0.4, 0.5) is 0 Å². The van der Waals surface area contributed by atoms with E-state index in [1.807, 2.05) is 12.2 Å². The summed E-state index contributed by atoms with van der Waals surface area (Å²) in [6.45, 7) is 3.01. The van der Waals surface area contributed by atoms with Gasteiger partial charge in [0.25, 0.3) is 0 Å². The van der Waals surface area contributed by atoms with Gasteiger partial charge in [-0.05, 0) is 51.9 Å². The van der Waals surface area contributed by atoms with Crippen LogP contribution in [0.1, 0.15) is 65.2 Å². The molecule has 6 N–H and O–H groups in total. The summed E-state index contributed by atoms with van der Waals surface area (Å²) in [5.41, 5.74) is 0. The molecule has 1 saturated heterocycles. The second-order valence-electron chi connectivity index (χ2n) is 9.51. The van der Waals surface area contributed by atoms with Crippen LogP contribution in [0.2, 0.25) is 0 Å². The SMILES string of the molecule is CCC=CCC=CCC=CCC=CCC=CCC=CCCC(=O)NC(C)C(=O)N[C@@H]1[C@@H](O)[C@H](O)[C@@H](CO)O[C@H]1O. The number of aliphatic hydroxyl groups excluding tert-OH is 4. The van der Waals surface area contributed by atoms with Gasteiger partial charge in [-0.3, -0.25) is 9.59 Å². The zero-order valence-corrected chi connectivity index (χ0v) is 23.8. The quantitative estimate of drug-likeness (QED) is 0.141. The molecular formula is C31H48N2O7. The minimum atomic E-state index is -1.62. The molecule has 0 aromatic heterocycles. The van der Waals surface area contributed by atoms with Gasteiger partial charge in [-0.15, -0.1) is 0 Å². The minimum Gasteiger partial charge on any atom is -0.394 e. The molecule has 9 nitrogen and oxygen atoms in total. The van der Waals surface area contributed by atoms with Crippen molar-refractivity contribution < 1.29 is 34.8 Å². The number of nitrogens with one attached hydrogen (secondary N) is 2. The standard InChI is InChI=1S/C31H48N2O7/c1-3-4-5-6-7-8-9-10-11-12-13-14-15-16-17-18-19-20-21-22-26(35)32-24(2)30(38)33-27-29(37)28(36)25(23-34)40-31(27)39/h4-5,7-8,10-11,13-14,16-17,19-20,24-25,27-29,31,34,36-37,39H,3,6,9,12,15,18,21-23H2,1-2H3,(H,32,35)(H,33,38)/t24?,25-,27-,28-,29-,31-/m1/s1. The highest BCUT2D eigenvalue weighted by atomic mass is 16.6. The van der Waals surface area contributed by atoms with Crippen molar-refractivity contribution in [3.63, 3.8) is 0 Å². The Kier molecular flexibility index (Phi) is 19.3. The molecular weight excluding hydrogens is 512 g/mol. The molecule has 1 heterocycles. The topological polar surface area (TPSA) is 148 Å². The first kappa shape index (κ1) is 35.2. The Morgan fingerprint density at radius 1 is 0.775 bits per heavy atom. The molecule has 1 unspecified atom stereocenters. The van der Waals surface area contributed by atoms with Gasteiger partial charge in [0.05, 0.1) is 6.61 Å². The largest absolute Gasteiger partial charge is 0.394 e. The summed E-state index contributed by atoms with van der Waals surface area (Å²) in [5, 5.41) is 44.1. The third-order valence-electron chi connectivity index (χ3n) is 6.11. The van der Waals surface area contributed by atoms with Crippen molar-refractivity contribution in [3.05, 3.63) is 72.9 Å². The van der Waals surface area contributed by atoms with Crippen molar-refractivity contribution >= 4 is 11.8 Å². The lowest BCUT2D eigenvalue weighted by Gasteiger charge is -2.40. The number of hydrogen-bond donors (Lipinski definition) is 6. The molecule has 0 saturated carbocycles. The van der Waals surface area contributed by atoms with Gasteiger partial charge in [-0.1, -0.05) is 79.8 Å². The van der Waals surface area contributed by atoms with E-state index in [1.165, 1.54) is 6.92 Å². The Hall–Kier alpha value is -2.82. The minimum absolute atomic E-state index is 0.203. The number of hydrogen-bond acceptors (Lipinski definition) is 7.